The van der Waals surface area contributed by atoms with Gasteiger partial charge in [-0.3, -0.25) is 4.98 Å². The Morgan fingerprint density at radius 3 is 1.74 bits per heavy atom. The first-order valence-electron chi connectivity index (χ1n) is 20.2. The summed E-state index contributed by atoms with van der Waals surface area (Å²) in [4.78, 5) is 4.70. The Kier molecular flexibility index (Phi) is 7.01. The Bertz CT molecular complexity index is 3460. The lowest BCUT2D eigenvalue weighted by molar-refractivity contribution is 0.660. The number of aromatic nitrogens is 2. The molecule has 0 amide bonds. The van der Waals surface area contributed by atoms with Gasteiger partial charge in [0.1, 0.15) is 0 Å². The number of nitrogens with zero attached hydrogens (tertiary/aromatic N) is 2. The Hall–Kier alpha value is -7.29. The van der Waals surface area contributed by atoms with Crippen LogP contribution in [0.3, 0.4) is 0 Å². The Labute approximate surface area is 337 Å². The zero-order chi connectivity index (χ0) is 38.5. The normalized spacial score (nSPS) is 13.1. The van der Waals surface area contributed by atoms with Gasteiger partial charge in [-0.2, -0.15) is 0 Å². The molecule has 2 nitrogen and oxygen atoms in total. The van der Waals surface area contributed by atoms with E-state index in [1.807, 2.05) is 12.4 Å². The maximum atomic E-state index is 4.70. The van der Waals surface area contributed by atoms with Crippen molar-refractivity contribution in [3.63, 3.8) is 0 Å². The second-order valence-electron chi connectivity index (χ2n) is 16.3. The van der Waals surface area contributed by atoms with Crippen LogP contribution in [-0.4, -0.2) is 9.55 Å². The van der Waals surface area contributed by atoms with E-state index in [1.54, 1.807) is 0 Å². The zero-order valence-electron chi connectivity index (χ0n) is 32.4. The predicted molar refractivity (Wildman–Crippen MR) is 245 cm³/mol. The standard InChI is InChI=1S/C56H38N2/c1-56(2)50-24-14-13-20-40(50)46-32-38(26-28-51(46)56)58-52-29-30-57-34-49(52)48-33-45(39-19-9-12-23-44(39)55(48)58)37-25-27-43-47(31-37)54(36-17-7-4-8-18-36)42-22-11-10-21-41(42)53(43)35-15-5-3-6-16-35/h3-34H,1-2H3. The van der Waals surface area contributed by atoms with Gasteiger partial charge >= 0.3 is 0 Å². The van der Waals surface area contributed by atoms with Crippen molar-refractivity contribution in [2.45, 2.75) is 19.3 Å². The molecule has 0 saturated heterocycles. The molecule has 2 heterocycles. The Morgan fingerprint density at radius 1 is 0.397 bits per heavy atom. The first kappa shape index (κ1) is 32.9. The van der Waals surface area contributed by atoms with Crippen LogP contribution in [0.4, 0.5) is 0 Å². The SMILES string of the molecule is CC1(C)c2ccccc2-c2cc(-n3c4ccncc4c4cc(-c5ccc6c(-c7ccccc7)c7ccccc7c(-c7ccccc7)c6c5)c5ccccc5c43)ccc21. The van der Waals surface area contributed by atoms with Crippen molar-refractivity contribution >= 4 is 54.1 Å². The van der Waals surface area contributed by atoms with Gasteiger partial charge in [0.05, 0.1) is 11.0 Å². The highest BCUT2D eigenvalue weighted by atomic mass is 15.0. The van der Waals surface area contributed by atoms with E-state index in [4.69, 9.17) is 4.98 Å². The average Bonchev–Trinajstić information content (AvgIpc) is 3.74. The molecule has 0 saturated carbocycles. The number of rotatable bonds is 4. The fourth-order valence-corrected chi connectivity index (χ4v) is 10.2. The van der Waals surface area contributed by atoms with Crippen molar-refractivity contribution in [3.05, 3.63) is 206 Å². The van der Waals surface area contributed by atoms with E-state index in [0.717, 1.165) is 16.6 Å². The lowest BCUT2D eigenvalue weighted by atomic mass is 9.82. The molecule has 1 aliphatic rings. The van der Waals surface area contributed by atoms with Gasteiger partial charge in [0.25, 0.3) is 0 Å². The summed E-state index contributed by atoms with van der Waals surface area (Å²) in [7, 11) is 0. The van der Waals surface area contributed by atoms with Gasteiger partial charge < -0.3 is 4.57 Å². The van der Waals surface area contributed by atoms with Crippen LogP contribution in [0, 0.1) is 0 Å². The van der Waals surface area contributed by atoms with E-state index in [0.29, 0.717) is 0 Å². The largest absolute Gasteiger partial charge is 0.308 e. The van der Waals surface area contributed by atoms with Gasteiger partial charge in [-0.1, -0.05) is 166 Å². The van der Waals surface area contributed by atoms with Crippen LogP contribution in [0.5, 0.6) is 0 Å². The Morgan fingerprint density at radius 2 is 1.00 bits per heavy atom. The summed E-state index contributed by atoms with van der Waals surface area (Å²) in [5.41, 5.74) is 16.3. The molecule has 9 aromatic carbocycles. The first-order valence-corrected chi connectivity index (χ1v) is 20.2. The van der Waals surface area contributed by atoms with Gasteiger partial charge in [-0.15, -0.1) is 0 Å². The van der Waals surface area contributed by atoms with E-state index in [-0.39, 0.29) is 5.41 Å². The highest BCUT2D eigenvalue weighted by molar-refractivity contribution is 6.24. The molecule has 272 valence electrons. The van der Waals surface area contributed by atoms with Crippen LogP contribution in [0.2, 0.25) is 0 Å². The molecule has 2 aromatic heterocycles. The summed E-state index contributed by atoms with van der Waals surface area (Å²) < 4.78 is 2.47. The summed E-state index contributed by atoms with van der Waals surface area (Å²) in [6.45, 7) is 4.69. The van der Waals surface area contributed by atoms with Crippen LogP contribution >= 0.6 is 0 Å². The van der Waals surface area contributed by atoms with Gasteiger partial charge in [-0.05, 0) is 113 Å². The minimum absolute atomic E-state index is 0.0504. The fourth-order valence-electron chi connectivity index (χ4n) is 10.2. The van der Waals surface area contributed by atoms with Gasteiger partial charge in [-0.25, -0.2) is 0 Å². The maximum Gasteiger partial charge on any atom is 0.0620 e. The third-order valence-corrected chi connectivity index (χ3v) is 12.9. The number of hydrogen-bond donors (Lipinski definition) is 0. The summed E-state index contributed by atoms with van der Waals surface area (Å²) in [6, 6.07) is 67.3. The lowest BCUT2D eigenvalue weighted by Gasteiger charge is -2.21. The minimum atomic E-state index is -0.0504. The average molecular weight is 739 g/mol. The molecule has 1 aliphatic carbocycles. The van der Waals surface area contributed by atoms with Crippen molar-refractivity contribution in [2.24, 2.45) is 0 Å². The second-order valence-corrected chi connectivity index (χ2v) is 16.3. The van der Waals surface area contributed by atoms with E-state index >= 15 is 0 Å². The molecule has 0 fully saturated rings. The summed E-state index contributed by atoms with van der Waals surface area (Å²) in [6.07, 6.45) is 3.97. The van der Waals surface area contributed by atoms with Gasteiger partial charge in [0.2, 0.25) is 0 Å². The zero-order valence-corrected chi connectivity index (χ0v) is 32.4. The van der Waals surface area contributed by atoms with Crippen molar-refractivity contribution in [3.8, 4) is 50.2 Å². The summed E-state index contributed by atoms with van der Waals surface area (Å²) in [5.74, 6) is 0. The number of pyridine rings is 1. The molecule has 0 unspecified atom stereocenters. The highest BCUT2D eigenvalue weighted by Crippen LogP contribution is 2.51. The smallest absolute Gasteiger partial charge is 0.0620 e. The Balaban J connectivity index is 1.16. The molecule has 11 aromatic rings. The van der Waals surface area contributed by atoms with Crippen LogP contribution in [-0.2, 0) is 5.41 Å². The molecule has 0 aliphatic heterocycles. The van der Waals surface area contributed by atoms with Crippen molar-refractivity contribution in [2.75, 3.05) is 0 Å². The second kappa shape index (κ2) is 12.4. The van der Waals surface area contributed by atoms with E-state index in [2.05, 4.69) is 200 Å². The fraction of sp³-hybridized carbons (Fsp3) is 0.0536. The van der Waals surface area contributed by atoms with Crippen molar-refractivity contribution in [1.82, 2.24) is 9.55 Å². The molecule has 0 atom stereocenters. The predicted octanol–water partition coefficient (Wildman–Crippen LogP) is 14.9. The highest BCUT2D eigenvalue weighted by Gasteiger charge is 2.35. The monoisotopic (exact) mass is 738 g/mol. The quantitative estimate of drug-likeness (QED) is 0.164. The lowest BCUT2D eigenvalue weighted by Crippen LogP contribution is -2.14. The first-order chi connectivity index (χ1) is 28.6. The molecule has 0 spiro atoms. The third-order valence-electron chi connectivity index (χ3n) is 12.9. The maximum absolute atomic E-state index is 4.70. The molecule has 58 heavy (non-hydrogen) atoms. The third kappa shape index (κ3) is 4.63. The minimum Gasteiger partial charge on any atom is -0.308 e. The van der Waals surface area contributed by atoms with Gasteiger partial charge in [0.15, 0.2) is 0 Å². The number of benzene rings is 9. The van der Waals surface area contributed by atoms with Gasteiger partial charge in [0, 0.05) is 39.7 Å². The topological polar surface area (TPSA) is 17.8 Å². The molecule has 0 radical (unpaired) electrons. The number of fused-ring (bicyclic) bond motifs is 10. The van der Waals surface area contributed by atoms with E-state index in [1.165, 1.54) is 98.9 Å². The molecule has 2 heteroatoms. The van der Waals surface area contributed by atoms with E-state index < -0.39 is 0 Å². The summed E-state index contributed by atoms with van der Waals surface area (Å²) in [5, 5.41) is 9.81. The molecule has 12 rings (SSSR count). The number of hydrogen-bond acceptors (Lipinski definition) is 1. The molecule has 0 bridgehead atoms. The van der Waals surface area contributed by atoms with E-state index in [9.17, 15) is 0 Å². The molecular weight excluding hydrogens is 701 g/mol. The van der Waals surface area contributed by atoms with Crippen LogP contribution in [0.25, 0.3) is 104 Å². The van der Waals surface area contributed by atoms with Crippen LogP contribution in [0.1, 0.15) is 25.0 Å². The molecular formula is C56H38N2. The molecule has 0 N–H and O–H groups in total. The van der Waals surface area contributed by atoms with Crippen LogP contribution in [0.15, 0.2) is 194 Å². The van der Waals surface area contributed by atoms with Crippen molar-refractivity contribution < 1.29 is 0 Å². The van der Waals surface area contributed by atoms with Crippen molar-refractivity contribution in [1.29, 1.82) is 0 Å². The summed E-state index contributed by atoms with van der Waals surface area (Å²) >= 11 is 0. The van der Waals surface area contributed by atoms with Crippen LogP contribution < -0.4 is 0 Å².